The molecule has 1 heterocycles. The van der Waals surface area contributed by atoms with E-state index in [0.717, 1.165) is 6.07 Å². The highest BCUT2D eigenvalue weighted by Crippen LogP contribution is 2.43. The summed E-state index contributed by atoms with van der Waals surface area (Å²) in [5, 5.41) is 2.64. The second-order valence-electron chi connectivity index (χ2n) is 6.03. The smallest absolute Gasteiger partial charge is 0.262 e. The molecule has 0 saturated carbocycles. The number of halogens is 4. The van der Waals surface area contributed by atoms with Crippen LogP contribution in [0.4, 0.5) is 8.78 Å². The van der Waals surface area contributed by atoms with E-state index in [2.05, 4.69) is 10.3 Å². The summed E-state index contributed by atoms with van der Waals surface area (Å²) in [4.78, 5) is 16.8. The summed E-state index contributed by atoms with van der Waals surface area (Å²) in [6.45, 7) is -0.254. The largest absolute Gasteiger partial charge is 0.375 e. The summed E-state index contributed by atoms with van der Waals surface area (Å²) in [7, 11) is 1.51. The van der Waals surface area contributed by atoms with Crippen LogP contribution in [0, 0.1) is 5.82 Å². The van der Waals surface area contributed by atoms with E-state index in [9.17, 15) is 9.18 Å². The molecule has 1 amide bonds. The lowest BCUT2D eigenvalue weighted by molar-refractivity contribution is -0.135. The van der Waals surface area contributed by atoms with Gasteiger partial charge in [0.05, 0.1) is 11.8 Å². The first kappa shape index (κ1) is 19.0. The van der Waals surface area contributed by atoms with Gasteiger partial charge in [-0.05, 0) is 31.0 Å². The van der Waals surface area contributed by atoms with E-state index in [1.165, 1.54) is 25.4 Å². The lowest BCUT2D eigenvalue weighted by Crippen LogP contribution is -2.44. The fourth-order valence-corrected chi connectivity index (χ4v) is 3.66. The van der Waals surface area contributed by atoms with E-state index < -0.39 is 17.4 Å². The van der Waals surface area contributed by atoms with Gasteiger partial charge in [-0.3, -0.25) is 9.78 Å². The van der Waals surface area contributed by atoms with Crippen LogP contribution < -0.4 is 5.32 Å². The molecular formula is C18H16Cl2F2N2O2. The van der Waals surface area contributed by atoms with Crippen molar-refractivity contribution in [3.05, 3.63) is 63.1 Å². The zero-order chi connectivity index (χ0) is 18.9. The minimum atomic E-state index is -2.27. The normalized spacial score (nSPS) is 22.0. The van der Waals surface area contributed by atoms with Crippen LogP contribution in [-0.2, 0) is 21.7 Å². The quantitative estimate of drug-likeness (QED) is 0.822. The summed E-state index contributed by atoms with van der Waals surface area (Å²) in [5.41, 5.74) is -1.66. The van der Waals surface area contributed by atoms with Gasteiger partial charge in [0.25, 0.3) is 5.91 Å². The molecule has 0 fully saturated rings. The molecule has 2 unspecified atom stereocenters. The van der Waals surface area contributed by atoms with Gasteiger partial charge in [-0.15, -0.1) is 0 Å². The van der Waals surface area contributed by atoms with Gasteiger partial charge in [0.1, 0.15) is 5.82 Å². The van der Waals surface area contributed by atoms with E-state index in [-0.39, 0.29) is 40.2 Å². The predicted molar refractivity (Wildman–Crippen MR) is 94.3 cm³/mol. The van der Waals surface area contributed by atoms with Gasteiger partial charge in [0.2, 0.25) is 5.67 Å². The van der Waals surface area contributed by atoms with Crippen LogP contribution in [-0.4, -0.2) is 18.0 Å². The fraction of sp³-hybridized carbons (Fsp3) is 0.333. The molecule has 1 aromatic carbocycles. The number of hydrogen-bond donors (Lipinski definition) is 1. The number of hydrogen-bond acceptors (Lipinski definition) is 3. The monoisotopic (exact) mass is 400 g/mol. The van der Waals surface area contributed by atoms with Crippen LogP contribution in [0.3, 0.4) is 0 Å². The Balaban J connectivity index is 1.84. The van der Waals surface area contributed by atoms with E-state index in [1.807, 2.05) is 0 Å². The molecule has 0 spiro atoms. The molecular weight excluding hydrogens is 385 g/mol. The molecule has 2 aromatic rings. The maximum absolute atomic E-state index is 15.6. The van der Waals surface area contributed by atoms with Gasteiger partial charge in [-0.2, -0.15) is 0 Å². The Hall–Kier alpha value is -1.76. The molecule has 26 heavy (non-hydrogen) atoms. The number of alkyl halides is 1. The molecule has 138 valence electrons. The number of fused-ring (bicyclic) bond motifs is 1. The average molecular weight is 401 g/mol. The Morgan fingerprint density at radius 3 is 2.92 bits per heavy atom. The van der Waals surface area contributed by atoms with Crippen molar-refractivity contribution < 1.29 is 18.3 Å². The molecule has 2 atom stereocenters. The Bertz CT molecular complexity index is 827. The number of aromatic nitrogens is 1. The molecule has 0 radical (unpaired) electrons. The summed E-state index contributed by atoms with van der Waals surface area (Å²) >= 11 is 11.7. The topological polar surface area (TPSA) is 51.2 Å². The molecule has 0 saturated heterocycles. The van der Waals surface area contributed by atoms with Crippen LogP contribution in [0.15, 0.2) is 30.5 Å². The molecule has 8 heteroatoms. The third-order valence-corrected chi connectivity index (χ3v) is 5.05. The van der Waals surface area contributed by atoms with Gasteiger partial charge in [-0.25, -0.2) is 8.78 Å². The molecule has 1 aliphatic carbocycles. The number of nitrogens with one attached hydrogen (secondary N) is 1. The van der Waals surface area contributed by atoms with Gasteiger partial charge >= 0.3 is 0 Å². The number of ether oxygens (including phenoxy) is 1. The number of carbonyl (C=O) groups excluding carboxylic acids is 1. The van der Waals surface area contributed by atoms with Gasteiger partial charge in [0.15, 0.2) is 0 Å². The van der Waals surface area contributed by atoms with Crippen LogP contribution >= 0.6 is 23.2 Å². The lowest BCUT2D eigenvalue weighted by atomic mass is 9.81. The van der Waals surface area contributed by atoms with Crippen molar-refractivity contribution in [3.63, 3.8) is 0 Å². The summed E-state index contributed by atoms with van der Waals surface area (Å²) in [6.07, 6.45) is 1.40. The van der Waals surface area contributed by atoms with Gasteiger partial charge in [0, 0.05) is 41.0 Å². The maximum Gasteiger partial charge on any atom is 0.262 e. The highest BCUT2D eigenvalue weighted by atomic mass is 35.5. The van der Waals surface area contributed by atoms with Crippen LogP contribution in [0.25, 0.3) is 0 Å². The molecule has 4 nitrogen and oxygen atoms in total. The molecule has 1 aromatic heterocycles. The second-order valence-corrected chi connectivity index (χ2v) is 6.87. The standard InChI is InChI=1S/C18H16Cl2F2N2O2/c1-26-15-4-5-18(22,12-3-2-6-23-16(12)15)17(25)24-9-11-13(20)7-10(19)8-14(11)21/h2-3,6-8,15H,4-5,9H2,1H3,(H,24,25). The first-order valence-corrected chi connectivity index (χ1v) is 8.71. The average Bonchev–Trinajstić information content (AvgIpc) is 2.61. The number of methoxy groups -OCH3 is 1. The zero-order valence-corrected chi connectivity index (χ0v) is 15.4. The number of carbonyl (C=O) groups is 1. The Morgan fingerprint density at radius 2 is 2.23 bits per heavy atom. The number of rotatable bonds is 4. The number of amides is 1. The lowest BCUT2D eigenvalue weighted by Gasteiger charge is -2.33. The molecule has 0 aliphatic heterocycles. The number of nitrogens with zero attached hydrogens (tertiary/aromatic N) is 1. The maximum atomic E-state index is 15.6. The molecule has 1 N–H and O–H groups in total. The highest BCUT2D eigenvalue weighted by Gasteiger charge is 2.47. The number of pyridine rings is 1. The minimum absolute atomic E-state index is 0.0463. The Labute approximate surface area is 159 Å². The highest BCUT2D eigenvalue weighted by molar-refractivity contribution is 6.35. The van der Waals surface area contributed by atoms with E-state index >= 15 is 4.39 Å². The Kier molecular flexibility index (Phi) is 5.46. The second kappa shape index (κ2) is 7.47. The minimum Gasteiger partial charge on any atom is -0.375 e. The first-order chi connectivity index (χ1) is 12.4. The number of benzene rings is 1. The van der Waals surface area contributed by atoms with E-state index in [4.69, 9.17) is 27.9 Å². The van der Waals surface area contributed by atoms with Crippen molar-refractivity contribution in [3.8, 4) is 0 Å². The van der Waals surface area contributed by atoms with Crippen molar-refractivity contribution in [2.45, 2.75) is 31.2 Å². The first-order valence-electron chi connectivity index (χ1n) is 7.95. The van der Waals surface area contributed by atoms with Crippen molar-refractivity contribution in [1.29, 1.82) is 0 Å². The summed E-state index contributed by atoms with van der Waals surface area (Å²) in [5.74, 6) is -1.53. The van der Waals surface area contributed by atoms with Crippen LogP contribution in [0.5, 0.6) is 0 Å². The summed E-state index contributed by atoms with van der Waals surface area (Å²) in [6, 6.07) is 5.53. The van der Waals surface area contributed by atoms with Crippen molar-refractivity contribution >= 4 is 29.1 Å². The van der Waals surface area contributed by atoms with Crippen molar-refractivity contribution in [2.75, 3.05) is 7.11 Å². The SMILES string of the molecule is COC1CCC(F)(C(=O)NCc2c(F)cc(Cl)cc2Cl)c2cccnc21. The van der Waals surface area contributed by atoms with Gasteiger partial charge in [-0.1, -0.05) is 29.3 Å². The van der Waals surface area contributed by atoms with Gasteiger partial charge < -0.3 is 10.1 Å². The molecule has 0 bridgehead atoms. The fourth-order valence-electron chi connectivity index (χ4n) is 3.13. The van der Waals surface area contributed by atoms with E-state index in [0.29, 0.717) is 12.1 Å². The Morgan fingerprint density at radius 1 is 1.46 bits per heavy atom. The molecule has 3 rings (SSSR count). The van der Waals surface area contributed by atoms with E-state index in [1.54, 1.807) is 6.07 Å². The van der Waals surface area contributed by atoms with Crippen molar-refractivity contribution in [1.82, 2.24) is 10.3 Å². The molecule has 1 aliphatic rings. The van der Waals surface area contributed by atoms with Crippen molar-refractivity contribution in [2.24, 2.45) is 0 Å². The third kappa shape index (κ3) is 3.41. The summed E-state index contributed by atoms with van der Waals surface area (Å²) < 4.78 is 34.9. The van der Waals surface area contributed by atoms with Crippen LogP contribution in [0.2, 0.25) is 10.0 Å². The predicted octanol–water partition coefficient (Wildman–Crippen LogP) is 4.49. The third-order valence-electron chi connectivity index (χ3n) is 4.50. The zero-order valence-electron chi connectivity index (χ0n) is 13.9. The van der Waals surface area contributed by atoms with Crippen LogP contribution in [0.1, 0.15) is 35.8 Å².